The SMILES string of the molecule is CCC(=O)N1CCC(C2CCN(S(=O)(=O)c3ccccc3)CC2)C1. The first-order chi connectivity index (χ1) is 11.5. The first kappa shape index (κ1) is 17.4. The Kier molecular flexibility index (Phi) is 5.25. The van der Waals surface area contributed by atoms with Gasteiger partial charge in [-0.3, -0.25) is 4.79 Å². The summed E-state index contributed by atoms with van der Waals surface area (Å²) in [6, 6.07) is 8.67. The van der Waals surface area contributed by atoms with Gasteiger partial charge in [0, 0.05) is 32.6 Å². The van der Waals surface area contributed by atoms with E-state index < -0.39 is 10.0 Å². The molecule has 1 aromatic rings. The summed E-state index contributed by atoms with van der Waals surface area (Å²) < 4.78 is 27.0. The number of piperidine rings is 1. The highest BCUT2D eigenvalue weighted by atomic mass is 32.2. The topological polar surface area (TPSA) is 57.7 Å². The van der Waals surface area contributed by atoms with Crippen LogP contribution >= 0.6 is 0 Å². The van der Waals surface area contributed by atoms with E-state index in [-0.39, 0.29) is 5.91 Å². The normalized spacial score (nSPS) is 23.5. The molecule has 5 nitrogen and oxygen atoms in total. The standard InChI is InChI=1S/C18H26N2O3S/c1-2-18(21)19-11-8-16(14-19)15-9-12-20(13-10-15)24(22,23)17-6-4-3-5-7-17/h3-7,15-16H,2,8-14H2,1H3. The number of rotatable bonds is 4. The molecule has 2 aliphatic rings. The van der Waals surface area contributed by atoms with Crippen molar-refractivity contribution in [3.63, 3.8) is 0 Å². The molecule has 0 bridgehead atoms. The van der Waals surface area contributed by atoms with Crippen molar-refractivity contribution in [1.29, 1.82) is 0 Å². The van der Waals surface area contributed by atoms with Crippen molar-refractivity contribution in [3.05, 3.63) is 30.3 Å². The van der Waals surface area contributed by atoms with E-state index in [1.54, 1.807) is 28.6 Å². The number of carbonyl (C=O) groups excluding carboxylic acids is 1. The smallest absolute Gasteiger partial charge is 0.243 e. The van der Waals surface area contributed by atoms with Gasteiger partial charge >= 0.3 is 0 Å². The van der Waals surface area contributed by atoms with Crippen LogP contribution in [0.3, 0.4) is 0 Å². The number of amides is 1. The second kappa shape index (κ2) is 7.23. The molecule has 1 aromatic carbocycles. The number of nitrogens with zero attached hydrogens (tertiary/aromatic N) is 2. The monoisotopic (exact) mass is 350 g/mol. The summed E-state index contributed by atoms with van der Waals surface area (Å²) in [6.45, 7) is 4.78. The number of carbonyl (C=O) groups is 1. The van der Waals surface area contributed by atoms with Crippen molar-refractivity contribution in [3.8, 4) is 0 Å². The fourth-order valence-corrected chi connectivity index (χ4v) is 5.44. The third kappa shape index (κ3) is 3.49. The maximum Gasteiger partial charge on any atom is 0.243 e. The first-order valence-electron chi connectivity index (χ1n) is 8.85. The molecule has 0 saturated carbocycles. The minimum absolute atomic E-state index is 0.238. The molecule has 132 valence electrons. The van der Waals surface area contributed by atoms with Crippen molar-refractivity contribution in [2.24, 2.45) is 11.8 Å². The lowest BCUT2D eigenvalue weighted by Gasteiger charge is -2.34. The summed E-state index contributed by atoms with van der Waals surface area (Å²) in [6.07, 6.45) is 3.41. The average molecular weight is 350 g/mol. The van der Waals surface area contributed by atoms with Gasteiger partial charge in [0.2, 0.25) is 15.9 Å². The Bertz CT molecular complexity index is 667. The number of sulfonamides is 1. The molecule has 2 aliphatic heterocycles. The van der Waals surface area contributed by atoms with Gasteiger partial charge in [0.25, 0.3) is 0 Å². The minimum Gasteiger partial charge on any atom is -0.342 e. The van der Waals surface area contributed by atoms with Gasteiger partial charge in [-0.1, -0.05) is 25.1 Å². The van der Waals surface area contributed by atoms with Gasteiger partial charge in [-0.15, -0.1) is 0 Å². The van der Waals surface area contributed by atoms with Crippen LogP contribution < -0.4 is 0 Å². The third-order valence-electron chi connectivity index (χ3n) is 5.43. The molecule has 0 spiro atoms. The molecular weight excluding hydrogens is 324 g/mol. The zero-order valence-electron chi connectivity index (χ0n) is 14.2. The van der Waals surface area contributed by atoms with Crippen LogP contribution in [0, 0.1) is 11.8 Å². The Morgan fingerprint density at radius 3 is 2.29 bits per heavy atom. The van der Waals surface area contributed by atoms with Crippen LogP contribution in [0.5, 0.6) is 0 Å². The van der Waals surface area contributed by atoms with E-state index in [0.717, 1.165) is 32.4 Å². The van der Waals surface area contributed by atoms with Gasteiger partial charge in [-0.25, -0.2) is 8.42 Å². The Labute approximate surface area is 144 Å². The van der Waals surface area contributed by atoms with Gasteiger partial charge in [-0.2, -0.15) is 4.31 Å². The molecular formula is C18H26N2O3S. The summed E-state index contributed by atoms with van der Waals surface area (Å²) in [5.41, 5.74) is 0. The lowest BCUT2D eigenvalue weighted by molar-refractivity contribution is -0.130. The van der Waals surface area contributed by atoms with E-state index in [9.17, 15) is 13.2 Å². The van der Waals surface area contributed by atoms with Crippen molar-refractivity contribution in [2.75, 3.05) is 26.2 Å². The quantitative estimate of drug-likeness (QED) is 0.837. The summed E-state index contributed by atoms with van der Waals surface area (Å²) in [5, 5.41) is 0. The fraction of sp³-hybridized carbons (Fsp3) is 0.611. The fourth-order valence-electron chi connectivity index (χ4n) is 3.95. The Balaban J connectivity index is 1.58. The van der Waals surface area contributed by atoms with Crippen LogP contribution in [0.15, 0.2) is 35.2 Å². The molecule has 6 heteroatoms. The van der Waals surface area contributed by atoms with Crippen molar-refractivity contribution < 1.29 is 13.2 Å². The third-order valence-corrected chi connectivity index (χ3v) is 7.34. The van der Waals surface area contributed by atoms with Crippen LogP contribution in [0.1, 0.15) is 32.6 Å². The first-order valence-corrected chi connectivity index (χ1v) is 10.3. The van der Waals surface area contributed by atoms with E-state index in [2.05, 4.69) is 0 Å². The van der Waals surface area contributed by atoms with Gasteiger partial charge in [-0.05, 0) is 43.2 Å². The Hall–Kier alpha value is -1.40. The van der Waals surface area contributed by atoms with E-state index in [4.69, 9.17) is 0 Å². The van der Waals surface area contributed by atoms with Crippen molar-refractivity contribution in [2.45, 2.75) is 37.5 Å². The Morgan fingerprint density at radius 2 is 1.67 bits per heavy atom. The lowest BCUT2D eigenvalue weighted by atomic mass is 9.84. The maximum absolute atomic E-state index is 12.7. The van der Waals surface area contributed by atoms with Gasteiger partial charge in [0.05, 0.1) is 4.90 Å². The molecule has 2 heterocycles. The van der Waals surface area contributed by atoms with Crippen LogP contribution in [0.2, 0.25) is 0 Å². The average Bonchev–Trinajstić information content (AvgIpc) is 3.12. The molecule has 2 fully saturated rings. The highest BCUT2D eigenvalue weighted by Crippen LogP contribution is 2.33. The van der Waals surface area contributed by atoms with E-state index in [1.807, 2.05) is 17.9 Å². The van der Waals surface area contributed by atoms with Crippen molar-refractivity contribution >= 4 is 15.9 Å². The predicted octanol–water partition coefficient (Wildman–Crippen LogP) is 2.35. The summed E-state index contributed by atoms with van der Waals surface area (Å²) in [5.74, 6) is 1.30. The molecule has 0 aliphatic carbocycles. The number of likely N-dealkylation sites (tertiary alicyclic amines) is 1. The highest BCUT2D eigenvalue weighted by Gasteiger charge is 2.36. The zero-order chi connectivity index (χ0) is 17.2. The van der Waals surface area contributed by atoms with E-state index in [0.29, 0.717) is 36.2 Å². The highest BCUT2D eigenvalue weighted by molar-refractivity contribution is 7.89. The molecule has 1 unspecified atom stereocenters. The van der Waals surface area contributed by atoms with Crippen LogP contribution in [-0.2, 0) is 14.8 Å². The minimum atomic E-state index is -3.37. The second-order valence-electron chi connectivity index (χ2n) is 6.80. The van der Waals surface area contributed by atoms with Crippen LogP contribution in [-0.4, -0.2) is 49.7 Å². The Morgan fingerprint density at radius 1 is 1.04 bits per heavy atom. The number of hydrogen-bond acceptors (Lipinski definition) is 3. The zero-order valence-corrected chi connectivity index (χ0v) is 15.0. The van der Waals surface area contributed by atoms with Gasteiger partial charge in [0.1, 0.15) is 0 Å². The molecule has 0 radical (unpaired) electrons. The summed E-state index contributed by atoms with van der Waals surface area (Å²) in [4.78, 5) is 14.2. The molecule has 3 rings (SSSR count). The molecule has 0 aromatic heterocycles. The lowest BCUT2D eigenvalue weighted by Crippen LogP contribution is -2.40. The number of benzene rings is 1. The molecule has 1 atom stereocenters. The molecule has 2 saturated heterocycles. The predicted molar refractivity (Wildman–Crippen MR) is 92.9 cm³/mol. The maximum atomic E-state index is 12.7. The largest absolute Gasteiger partial charge is 0.342 e. The summed E-state index contributed by atoms with van der Waals surface area (Å²) in [7, 11) is -3.37. The summed E-state index contributed by atoms with van der Waals surface area (Å²) >= 11 is 0. The van der Waals surface area contributed by atoms with Crippen molar-refractivity contribution in [1.82, 2.24) is 9.21 Å². The van der Waals surface area contributed by atoms with Gasteiger partial charge < -0.3 is 4.90 Å². The van der Waals surface area contributed by atoms with Gasteiger partial charge in [0.15, 0.2) is 0 Å². The van der Waals surface area contributed by atoms with Crippen LogP contribution in [0.25, 0.3) is 0 Å². The second-order valence-corrected chi connectivity index (χ2v) is 8.73. The molecule has 1 amide bonds. The number of hydrogen-bond donors (Lipinski definition) is 0. The van der Waals surface area contributed by atoms with E-state index in [1.165, 1.54) is 0 Å². The van der Waals surface area contributed by atoms with Crippen LogP contribution in [0.4, 0.5) is 0 Å². The molecule has 24 heavy (non-hydrogen) atoms. The van der Waals surface area contributed by atoms with E-state index >= 15 is 0 Å². The molecule has 0 N–H and O–H groups in total.